The van der Waals surface area contributed by atoms with Crippen LogP contribution in [0.15, 0.2) is 23.0 Å². The number of aliphatic hydroxyl groups is 1. The van der Waals surface area contributed by atoms with Crippen molar-refractivity contribution >= 4 is 0 Å². The molecule has 0 aromatic carbocycles. The summed E-state index contributed by atoms with van der Waals surface area (Å²) in [6, 6.07) is 1.83. The zero-order valence-corrected chi connectivity index (χ0v) is 8.31. The van der Waals surface area contributed by atoms with E-state index in [1.54, 1.807) is 19.6 Å². The van der Waals surface area contributed by atoms with Gasteiger partial charge < -0.3 is 19.0 Å². The number of rotatable bonds is 7. The van der Waals surface area contributed by atoms with Gasteiger partial charge in [-0.15, -0.1) is 0 Å². The van der Waals surface area contributed by atoms with Crippen LogP contribution in [0.5, 0.6) is 0 Å². The molecule has 4 nitrogen and oxygen atoms in total. The molecular formula is C10H16O4. The summed E-state index contributed by atoms with van der Waals surface area (Å²) in [6.07, 6.45) is 3.29. The van der Waals surface area contributed by atoms with Gasteiger partial charge in [0, 0.05) is 13.5 Å². The molecule has 0 radical (unpaired) electrons. The Morgan fingerprint density at radius 2 is 2.36 bits per heavy atom. The molecule has 4 heteroatoms. The first-order chi connectivity index (χ1) is 6.83. The molecule has 0 fully saturated rings. The standard InChI is InChI=1S/C10H16O4/c1-12-4-5-14-8-10(11)6-9-2-3-13-7-9/h2-3,7,10-11H,4-6,8H2,1H3. The summed E-state index contributed by atoms with van der Waals surface area (Å²) >= 11 is 0. The van der Waals surface area contributed by atoms with Crippen LogP contribution in [0, 0.1) is 0 Å². The molecule has 1 aromatic heterocycles. The zero-order chi connectivity index (χ0) is 10.2. The molecule has 0 spiro atoms. The molecule has 0 saturated heterocycles. The van der Waals surface area contributed by atoms with Crippen LogP contribution >= 0.6 is 0 Å². The number of ether oxygens (including phenoxy) is 2. The maximum absolute atomic E-state index is 9.51. The first kappa shape index (κ1) is 11.2. The lowest BCUT2D eigenvalue weighted by atomic mass is 10.1. The lowest BCUT2D eigenvalue weighted by Gasteiger charge is -2.09. The van der Waals surface area contributed by atoms with Crippen LogP contribution < -0.4 is 0 Å². The van der Waals surface area contributed by atoms with Crippen molar-refractivity contribution in [2.45, 2.75) is 12.5 Å². The first-order valence-electron chi connectivity index (χ1n) is 4.58. The topological polar surface area (TPSA) is 51.8 Å². The van der Waals surface area contributed by atoms with Gasteiger partial charge in [-0.2, -0.15) is 0 Å². The van der Waals surface area contributed by atoms with Gasteiger partial charge in [0.15, 0.2) is 0 Å². The minimum atomic E-state index is -0.482. The molecule has 1 aromatic rings. The predicted octanol–water partition coefficient (Wildman–Crippen LogP) is 0.846. The van der Waals surface area contributed by atoms with E-state index >= 15 is 0 Å². The fourth-order valence-electron chi connectivity index (χ4n) is 1.10. The van der Waals surface area contributed by atoms with Crippen LogP contribution in [0.4, 0.5) is 0 Å². The summed E-state index contributed by atoms with van der Waals surface area (Å²) in [5.41, 5.74) is 0.979. The maximum Gasteiger partial charge on any atom is 0.0935 e. The van der Waals surface area contributed by atoms with Gasteiger partial charge in [-0.1, -0.05) is 0 Å². The van der Waals surface area contributed by atoms with Gasteiger partial charge in [-0.05, 0) is 11.6 Å². The van der Waals surface area contributed by atoms with Crippen molar-refractivity contribution in [1.29, 1.82) is 0 Å². The van der Waals surface area contributed by atoms with Gasteiger partial charge >= 0.3 is 0 Å². The summed E-state index contributed by atoms with van der Waals surface area (Å²) in [4.78, 5) is 0. The van der Waals surface area contributed by atoms with Crippen LogP contribution in [-0.4, -0.2) is 38.1 Å². The van der Waals surface area contributed by atoms with E-state index in [2.05, 4.69) is 0 Å². The maximum atomic E-state index is 9.51. The van der Waals surface area contributed by atoms with E-state index in [0.717, 1.165) is 5.56 Å². The molecule has 0 bridgehead atoms. The van der Waals surface area contributed by atoms with Gasteiger partial charge in [-0.3, -0.25) is 0 Å². The summed E-state index contributed by atoms with van der Waals surface area (Å²) in [7, 11) is 1.62. The van der Waals surface area contributed by atoms with Crippen molar-refractivity contribution in [2.24, 2.45) is 0 Å². The molecule has 0 saturated carbocycles. The zero-order valence-electron chi connectivity index (χ0n) is 8.31. The fraction of sp³-hybridized carbons (Fsp3) is 0.600. The smallest absolute Gasteiger partial charge is 0.0935 e. The second-order valence-corrected chi connectivity index (χ2v) is 3.06. The SMILES string of the molecule is COCCOCC(O)Cc1ccoc1. The van der Waals surface area contributed by atoms with Gasteiger partial charge in [0.1, 0.15) is 0 Å². The van der Waals surface area contributed by atoms with E-state index in [-0.39, 0.29) is 0 Å². The Morgan fingerprint density at radius 3 is 3.00 bits per heavy atom. The Balaban J connectivity index is 2.07. The minimum absolute atomic E-state index is 0.328. The van der Waals surface area contributed by atoms with Crippen molar-refractivity contribution in [1.82, 2.24) is 0 Å². The Kier molecular flexibility index (Phi) is 5.29. The minimum Gasteiger partial charge on any atom is -0.472 e. The van der Waals surface area contributed by atoms with Crippen LogP contribution in [0.2, 0.25) is 0 Å². The van der Waals surface area contributed by atoms with E-state index < -0.39 is 6.10 Å². The Labute approximate surface area is 83.4 Å². The molecule has 1 heterocycles. The second kappa shape index (κ2) is 6.59. The number of hydrogen-bond donors (Lipinski definition) is 1. The molecule has 1 atom stereocenters. The lowest BCUT2D eigenvalue weighted by Crippen LogP contribution is -2.19. The average Bonchev–Trinajstić information content (AvgIpc) is 2.65. The van der Waals surface area contributed by atoms with Crippen molar-refractivity contribution < 1.29 is 19.0 Å². The summed E-state index contributed by atoms with van der Waals surface area (Å²) in [5, 5.41) is 9.51. The molecule has 1 unspecified atom stereocenters. The number of aliphatic hydroxyl groups excluding tert-OH is 1. The molecular weight excluding hydrogens is 184 g/mol. The highest BCUT2D eigenvalue weighted by Crippen LogP contribution is 2.04. The highest BCUT2D eigenvalue weighted by Gasteiger charge is 2.06. The van der Waals surface area contributed by atoms with E-state index in [0.29, 0.717) is 26.2 Å². The van der Waals surface area contributed by atoms with Gasteiger partial charge in [0.05, 0.1) is 38.5 Å². The molecule has 80 valence electrons. The quantitative estimate of drug-likeness (QED) is 0.663. The van der Waals surface area contributed by atoms with E-state index in [4.69, 9.17) is 13.9 Å². The van der Waals surface area contributed by atoms with Gasteiger partial charge in [0.25, 0.3) is 0 Å². The molecule has 1 rings (SSSR count). The predicted molar refractivity (Wildman–Crippen MR) is 51.1 cm³/mol. The third-order valence-corrected chi connectivity index (χ3v) is 1.79. The summed E-state index contributed by atoms with van der Waals surface area (Å²) in [6.45, 7) is 1.39. The van der Waals surface area contributed by atoms with E-state index in [1.807, 2.05) is 6.07 Å². The average molecular weight is 200 g/mol. The van der Waals surface area contributed by atoms with Crippen LogP contribution in [-0.2, 0) is 15.9 Å². The summed E-state index contributed by atoms with van der Waals surface area (Å²) in [5.74, 6) is 0. The van der Waals surface area contributed by atoms with Crippen LogP contribution in [0.1, 0.15) is 5.56 Å². The van der Waals surface area contributed by atoms with E-state index in [9.17, 15) is 5.11 Å². The summed E-state index contributed by atoms with van der Waals surface area (Å²) < 4.78 is 14.9. The largest absolute Gasteiger partial charge is 0.472 e. The Morgan fingerprint density at radius 1 is 1.50 bits per heavy atom. The molecule has 0 aliphatic heterocycles. The Bertz CT molecular complexity index is 220. The van der Waals surface area contributed by atoms with E-state index in [1.165, 1.54) is 0 Å². The highest BCUT2D eigenvalue weighted by atomic mass is 16.5. The molecule has 0 aliphatic carbocycles. The van der Waals surface area contributed by atoms with Crippen molar-refractivity contribution in [3.63, 3.8) is 0 Å². The molecule has 1 N–H and O–H groups in total. The molecule has 0 aliphatic rings. The monoisotopic (exact) mass is 200 g/mol. The lowest BCUT2D eigenvalue weighted by molar-refractivity contribution is 0.0136. The van der Waals surface area contributed by atoms with Crippen LogP contribution in [0.3, 0.4) is 0 Å². The number of methoxy groups -OCH3 is 1. The first-order valence-corrected chi connectivity index (χ1v) is 4.58. The van der Waals surface area contributed by atoms with Crippen molar-refractivity contribution in [2.75, 3.05) is 26.9 Å². The molecule has 0 amide bonds. The van der Waals surface area contributed by atoms with Gasteiger partial charge in [0.2, 0.25) is 0 Å². The normalized spacial score (nSPS) is 13.0. The van der Waals surface area contributed by atoms with Crippen molar-refractivity contribution in [3.05, 3.63) is 24.2 Å². The molecule has 14 heavy (non-hydrogen) atoms. The third kappa shape index (κ3) is 4.41. The Hall–Kier alpha value is -0.840. The fourth-order valence-corrected chi connectivity index (χ4v) is 1.10. The third-order valence-electron chi connectivity index (χ3n) is 1.79. The second-order valence-electron chi connectivity index (χ2n) is 3.06. The number of furan rings is 1. The highest BCUT2D eigenvalue weighted by molar-refractivity contribution is 5.06. The number of hydrogen-bond acceptors (Lipinski definition) is 4. The van der Waals surface area contributed by atoms with Crippen molar-refractivity contribution in [3.8, 4) is 0 Å². The van der Waals surface area contributed by atoms with Crippen LogP contribution in [0.25, 0.3) is 0 Å². The van der Waals surface area contributed by atoms with Gasteiger partial charge in [-0.25, -0.2) is 0 Å².